The van der Waals surface area contributed by atoms with Gasteiger partial charge in [0.25, 0.3) is 0 Å². The normalized spacial score (nSPS) is 11.6. The standard InChI is InChI=1S/C25H19N2O4P/c28-32(29,30)31-27-24(20-13-5-2-6-14-20)23(19-11-3-1-4-12-19)26-25(27)22-17-9-15-18-10-7-8-16-21(18)22/h1-17H,(H2,28,29,30). The van der Waals surface area contributed by atoms with E-state index in [1.807, 2.05) is 103 Å². The summed E-state index contributed by atoms with van der Waals surface area (Å²) in [4.78, 5) is 24.4. The van der Waals surface area contributed by atoms with E-state index in [1.54, 1.807) is 0 Å². The molecule has 0 amide bonds. The maximum absolute atomic E-state index is 12.0. The van der Waals surface area contributed by atoms with Crippen LogP contribution < -0.4 is 4.62 Å². The van der Waals surface area contributed by atoms with E-state index in [4.69, 9.17) is 9.61 Å². The number of fused-ring (bicyclic) bond motifs is 1. The second kappa shape index (κ2) is 8.09. The molecule has 0 aliphatic carbocycles. The highest BCUT2D eigenvalue weighted by Gasteiger charge is 2.28. The van der Waals surface area contributed by atoms with Crippen LogP contribution in [0.2, 0.25) is 0 Å². The Morgan fingerprint density at radius 3 is 2.00 bits per heavy atom. The van der Waals surface area contributed by atoms with Crippen molar-refractivity contribution >= 4 is 18.6 Å². The van der Waals surface area contributed by atoms with E-state index in [-0.39, 0.29) is 0 Å². The van der Waals surface area contributed by atoms with Crippen LogP contribution in [0.25, 0.3) is 44.7 Å². The zero-order valence-electron chi connectivity index (χ0n) is 16.9. The predicted molar refractivity (Wildman–Crippen MR) is 125 cm³/mol. The number of phosphoric acid groups is 1. The molecule has 1 aromatic heterocycles. The minimum Gasteiger partial charge on any atom is -0.309 e. The van der Waals surface area contributed by atoms with Gasteiger partial charge >= 0.3 is 7.82 Å². The molecular formula is C25H19N2O4P. The van der Waals surface area contributed by atoms with Crippen LogP contribution in [0.1, 0.15) is 0 Å². The summed E-state index contributed by atoms with van der Waals surface area (Å²) in [6.07, 6.45) is 0. The van der Waals surface area contributed by atoms with Crippen LogP contribution in [0.5, 0.6) is 0 Å². The molecule has 0 atom stereocenters. The zero-order chi connectivity index (χ0) is 22.1. The number of rotatable bonds is 5. The highest BCUT2D eigenvalue weighted by Crippen LogP contribution is 2.41. The highest BCUT2D eigenvalue weighted by atomic mass is 31.2. The Labute approximate surface area is 184 Å². The summed E-state index contributed by atoms with van der Waals surface area (Å²) in [5, 5.41) is 1.88. The molecule has 2 N–H and O–H groups in total. The minimum atomic E-state index is -4.90. The van der Waals surface area contributed by atoms with Crippen LogP contribution >= 0.6 is 7.82 Å². The molecule has 0 aliphatic heterocycles. The Kier molecular flexibility index (Phi) is 5.11. The number of benzene rings is 4. The summed E-state index contributed by atoms with van der Waals surface area (Å²) < 4.78 is 18.4. The Hall–Kier alpha value is -3.70. The SMILES string of the molecule is O=P(O)(O)On1c(-c2cccc3ccccc23)nc(-c2ccccc2)c1-c1ccccc1. The lowest BCUT2D eigenvalue weighted by Gasteiger charge is -2.15. The molecule has 7 heteroatoms. The Bertz CT molecular complexity index is 1440. The molecule has 0 fully saturated rings. The van der Waals surface area contributed by atoms with Gasteiger partial charge in [-0.2, -0.15) is 4.73 Å². The maximum atomic E-state index is 12.0. The van der Waals surface area contributed by atoms with E-state index >= 15 is 0 Å². The van der Waals surface area contributed by atoms with Gasteiger partial charge in [0.1, 0.15) is 11.4 Å². The third-order valence-corrected chi connectivity index (χ3v) is 5.53. The fourth-order valence-corrected chi connectivity index (χ4v) is 4.20. The maximum Gasteiger partial charge on any atom is 0.543 e. The topological polar surface area (TPSA) is 84.6 Å². The van der Waals surface area contributed by atoms with E-state index in [9.17, 15) is 14.4 Å². The second-order valence-corrected chi connectivity index (χ2v) is 8.40. The fourth-order valence-electron chi connectivity index (χ4n) is 3.83. The van der Waals surface area contributed by atoms with E-state index in [0.29, 0.717) is 22.8 Å². The zero-order valence-corrected chi connectivity index (χ0v) is 17.8. The van der Waals surface area contributed by atoms with Crippen LogP contribution in [-0.4, -0.2) is 19.5 Å². The molecule has 0 saturated heterocycles. The molecule has 5 aromatic rings. The van der Waals surface area contributed by atoms with Crippen molar-refractivity contribution in [1.29, 1.82) is 0 Å². The molecular weight excluding hydrogens is 423 g/mol. The molecule has 0 saturated carbocycles. The van der Waals surface area contributed by atoms with Gasteiger partial charge in [-0.1, -0.05) is 103 Å². The molecule has 0 aliphatic rings. The van der Waals surface area contributed by atoms with Gasteiger partial charge in [-0.25, -0.2) is 9.55 Å². The number of imidazole rings is 1. The molecule has 0 radical (unpaired) electrons. The third-order valence-electron chi connectivity index (χ3n) is 5.15. The van der Waals surface area contributed by atoms with Gasteiger partial charge < -0.3 is 4.62 Å². The van der Waals surface area contributed by atoms with Gasteiger partial charge in [0, 0.05) is 16.7 Å². The number of nitrogens with zero attached hydrogens (tertiary/aromatic N) is 2. The average Bonchev–Trinajstić information content (AvgIpc) is 3.17. The molecule has 4 aromatic carbocycles. The second-order valence-electron chi connectivity index (χ2n) is 7.26. The van der Waals surface area contributed by atoms with Crippen molar-refractivity contribution < 1.29 is 19.0 Å². The van der Waals surface area contributed by atoms with Crippen LogP contribution in [-0.2, 0) is 4.57 Å². The van der Waals surface area contributed by atoms with Crippen molar-refractivity contribution in [2.75, 3.05) is 0 Å². The van der Waals surface area contributed by atoms with E-state index in [0.717, 1.165) is 21.9 Å². The Morgan fingerprint density at radius 1 is 0.719 bits per heavy atom. The lowest BCUT2D eigenvalue weighted by molar-refractivity contribution is 0.183. The van der Waals surface area contributed by atoms with E-state index in [1.165, 1.54) is 4.73 Å². The first kappa shape index (κ1) is 20.2. The monoisotopic (exact) mass is 442 g/mol. The molecule has 158 valence electrons. The molecule has 0 unspecified atom stereocenters. The first-order valence-electron chi connectivity index (χ1n) is 9.98. The minimum absolute atomic E-state index is 0.308. The van der Waals surface area contributed by atoms with Crippen molar-refractivity contribution in [3.63, 3.8) is 0 Å². The van der Waals surface area contributed by atoms with Gasteiger partial charge in [-0.15, -0.1) is 0 Å². The summed E-state index contributed by atoms with van der Waals surface area (Å²) >= 11 is 0. The summed E-state index contributed by atoms with van der Waals surface area (Å²) in [5.41, 5.74) is 3.26. The van der Waals surface area contributed by atoms with Gasteiger partial charge in [0.2, 0.25) is 0 Å². The fraction of sp³-hybridized carbons (Fsp3) is 0. The number of aromatic nitrogens is 2. The molecule has 32 heavy (non-hydrogen) atoms. The van der Waals surface area contributed by atoms with Crippen LogP contribution in [0.4, 0.5) is 0 Å². The van der Waals surface area contributed by atoms with Gasteiger partial charge in [-0.3, -0.25) is 9.79 Å². The molecule has 6 nitrogen and oxygen atoms in total. The molecule has 0 bridgehead atoms. The number of hydrogen-bond donors (Lipinski definition) is 2. The first-order chi connectivity index (χ1) is 15.5. The predicted octanol–water partition coefficient (Wildman–Crippen LogP) is 5.56. The van der Waals surface area contributed by atoms with Crippen LogP contribution in [0, 0.1) is 0 Å². The van der Waals surface area contributed by atoms with Crippen molar-refractivity contribution in [1.82, 2.24) is 9.71 Å². The Morgan fingerprint density at radius 2 is 1.31 bits per heavy atom. The van der Waals surface area contributed by atoms with E-state index < -0.39 is 7.82 Å². The Balaban J connectivity index is 1.88. The number of hydrogen-bond acceptors (Lipinski definition) is 3. The van der Waals surface area contributed by atoms with Crippen LogP contribution in [0.3, 0.4) is 0 Å². The average molecular weight is 442 g/mol. The molecule has 1 heterocycles. The van der Waals surface area contributed by atoms with Crippen molar-refractivity contribution in [2.45, 2.75) is 0 Å². The summed E-state index contributed by atoms with van der Waals surface area (Å²) in [6.45, 7) is 0. The van der Waals surface area contributed by atoms with Gasteiger partial charge in [-0.05, 0) is 10.8 Å². The molecule has 0 spiro atoms. The van der Waals surface area contributed by atoms with Gasteiger partial charge in [0.15, 0.2) is 5.82 Å². The smallest absolute Gasteiger partial charge is 0.309 e. The largest absolute Gasteiger partial charge is 0.543 e. The lowest BCUT2D eigenvalue weighted by Crippen LogP contribution is -2.12. The summed E-state index contributed by atoms with van der Waals surface area (Å²) in [5.74, 6) is 0.308. The van der Waals surface area contributed by atoms with Gasteiger partial charge in [0.05, 0.1) is 0 Å². The lowest BCUT2D eigenvalue weighted by atomic mass is 10.0. The summed E-state index contributed by atoms with van der Waals surface area (Å²) in [6, 6.07) is 32.3. The summed E-state index contributed by atoms with van der Waals surface area (Å²) in [7, 11) is -4.90. The van der Waals surface area contributed by atoms with Crippen molar-refractivity contribution in [3.8, 4) is 33.9 Å². The highest BCUT2D eigenvalue weighted by molar-refractivity contribution is 7.46. The van der Waals surface area contributed by atoms with Crippen molar-refractivity contribution in [2.24, 2.45) is 0 Å². The molecule has 5 rings (SSSR count). The van der Waals surface area contributed by atoms with E-state index in [2.05, 4.69) is 0 Å². The van der Waals surface area contributed by atoms with Crippen LogP contribution in [0.15, 0.2) is 103 Å². The van der Waals surface area contributed by atoms with Crippen molar-refractivity contribution in [3.05, 3.63) is 103 Å². The third kappa shape index (κ3) is 3.83. The first-order valence-corrected chi connectivity index (χ1v) is 11.5. The quantitative estimate of drug-likeness (QED) is 0.348.